The summed E-state index contributed by atoms with van der Waals surface area (Å²) in [5, 5.41) is 0. The molecule has 66 valence electrons. The molecule has 0 N–H and O–H groups in total. The Hall–Kier alpha value is -0.850. The van der Waals surface area contributed by atoms with E-state index in [2.05, 4.69) is 31.8 Å². The third-order valence-corrected chi connectivity index (χ3v) is 2.36. The molecule has 1 rings (SSSR count). The van der Waals surface area contributed by atoms with Crippen LogP contribution < -0.4 is 0 Å². The number of hydrogen-bond donors (Lipinski definition) is 0. The topological polar surface area (TPSA) is 12.9 Å². The molecule has 0 saturated carbocycles. The van der Waals surface area contributed by atoms with Crippen LogP contribution in [0.15, 0.2) is 24.5 Å². The van der Waals surface area contributed by atoms with Crippen molar-refractivity contribution in [3.8, 4) is 0 Å². The summed E-state index contributed by atoms with van der Waals surface area (Å²) in [4.78, 5) is 4.14. The average molecular weight is 163 g/mol. The molecule has 1 heteroatoms. The molecule has 0 aliphatic heterocycles. The van der Waals surface area contributed by atoms with Crippen molar-refractivity contribution in [2.75, 3.05) is 0 Å². The van der Waals surface area contributed by atoms with Crippen LogP contribution >= 0.6 is 0 Å². The van der Waals surface area contributed by atoms with E-state index in [4.69, 9.17) is 0 Å². The molecule has 12 heavy (non-hydrogen) atoms. The molecule has 1 aromatic heterocycles. The third-order valence-electron chi connectivity index (χ3n) is 2.36. The van der Waals surface area contributed by atoms with Gasteiger partial charge in [0.15, 0.2) is 0 Å². The Labute approximate surface area is 74.8 Å². The number of hydrogen-bond acceptors (Lipinski definition) is 1. The Bertz CT molecular complexity index is 216. The molecule has 0 aliphatic rings. The summed E-state index contributed by atoms with van der Waals surface area (Å²) in [5.41, 5.74) is 1.37. The van der Waals surface area contributed by atoms with Crippen LogP contribution in [-0.4, -0.2) is 4.98 Å². The molecule has 1 nitrogen and oxygen atoms in total. The van der Waals surface area contributed by atoms with Gasteiger partial charge in [-0.1, -0.05) is 26.8 Å². The van der Waals surface area contributed by atoms with E-state index in [0.29, 0.717) is 11.8 Å². The molecule has 1 aromatic rings. The summed E-state index contributed by atoms with van der Waals surface area (Å²) >= 11 is 0. The lowest BCUT2D eigenvalue weighted by Crippen LogP contribution is -2.05. The molecule has 0 amide bonds. The molecule has 1 atom stereocenters. The maximum Gasteiger partial charge on any atom is 0.0302 e. The van der Waals surface area contributed by atoms with Gasteiger partial charge in [-0.05, 0) is 29.9 Å². The highest BCUT2D eigenvalue weighted by molar-refractivity contribution is 5.14. The Morgan fingerprint density at radius 3 is 2.58 bits per heavy atom. The summed E-state index contributed by atoms with van der Waals surface area (Å²) < 4.78 is 0. The lowest BCUT2D eigenvalue weighted by Gasteiger charge is -2.18. The first kappa shape index (κ1) is 9.24. The van der Waals surface area contributed by atoms with Gasteiger partial charge in [-0.2, -0.15) is 0 Å². The Morgan fingerprint density at radius 1 is 1.42 bits per heavy atom. The highest BCUT2D eigenvalue weighted by Gasteiger charge is 2.12. The molecular formula is C11H17N. The minimum absolute atomic E-state index is 0.665. The number of rotatable bonds is 3. The van der Waals surface area contributed by atoms with Crippen LogP contribution in [0.3, 0.4) is 0 Å². The van der Waals surface area contributed by atoms with Crippen molar-refractivity contribution in [2.45, 2.75) is 33.1 Å². The van der Waals surface area contributed by atoms with Crippen molar-refractivity contribution in [1.29, 1.82) is 0 Å². The predicted molar refractivity (Wildman–Crippen MR) is 52.1 cm³/mol. The Morgan fingerprint density at radius 2 is 2.17 bits per heavy atom. The van der Waals surface area contributed by atoms with Crippen LogP contribution in [0.25, 0.3) is 0 Å². The highest BCUT2D eigenvalue weighted by Crippen LogP contribution is 2.26. The Kier molecular flexibility index (Phi) is 3.27. The zero-order valence-corrected chi connectivity index (χ0v) is 8.12. The standard InChI is InChI=1S/C11H17N/c1-4-11(9(2)3)10-6-5-7-12-8-10/h5-9,11H,4H2,1-3H3/t11-/m0/s1. The largest absolute Gasteiger partial charge is 0.264 e. The van der Waals surface area contributed by atoms with Gasteiger partial charge >= 0.3 is 0 Å². The number of aromatic nitrogens is 1. The molecule has 0 radical (unpaired) electrons. The summed E-state index contributed by atoms with van der Waals surface area (Å²) in [6.45, 7) is 6.76. The first-order valence-electron chi connectivity index (χ1n) is 4.65. The number of pyridine rings is 1. The van der Waals surface area contributed by atoms with Crippen molar-refractivity contribution < 1.29 is 0 Å². The lowest BCUT2D eigenvalue weighted by molar-refractivity contribution is 0.484. The van der Waals surface area contributed by atoms with E-state index in [0.717, 1.165) is 0 Å². The number of nitrogens with zero attached hydrogens (tertiary/aromatic N) is 1. The van der Waals surface area contributed by atoms with Crippen LogP contribution in [0.4, 0.5) is 0 Å². The van der Waals surface area contributed by atoms with Crippen LogP contribution in [0, 0.1) is 5.92 Å². The fraction of sp³-hybridized carbons (Fsp3) is 0.545. The minimum atomic E-state index is 0.665. The first-order valence-corrected chi connectivity index (χ1v) is 4.65. The molecule has 0 saturated heterocycles. The summed E-state index contributed by atoms with van der Waals surface area (Å²) in [6, 6.07) is 4.18. The van der Waals surface area contributed by atoms with Crippen molar-refractivity contribution in [2.24, 2.45) is 5.92 Å². The average Bonchev–Trinajstić information content (AvgIpc) is 2.07. The summed E-state index contributed by atoms with van der Waals surface area (Å²) in [7, 11) is 0. The second-order valence-electron chi connectivity index (χ2n) is 3.55. The van der Waals surface area contributed by atoms with Gasteiger partial charge in [-0.25, -0.2) is 0 Å². The summed E-state index contributed by atoms with van der Waals surface area (Å²) in [6.07, 6.45) is 5.01. The van der Waals surface area contributed by atoms with E-state index in [-0.39, 0.29) is 0 Å². The monoisotopic (exact) mass is 163 g/mol. The van der Waals surface area contributed by atoms with Crippen LogP contribution in [-0.2, 0) is 0 Å². The second-order valence-corrected chi connectivity index (χ2v) is 3.55. The molecule has 0 fully saturated rings. The smallest absolute Gasteiger partial charge is 0.0302 e. The molecule has 1 heterocycles. The predicted octanol–water partition coefficient (Wildman–Crippen LogP) is 3.23. The van der Waals surface area contributed by atoms with Gasteiger partial charge in [0.05, 0.1) is 0 Å². The molecular weight excluding hydrogens is 146 g/mol. The zero-order valence-electron chi connectivity index (χ0n) is 8.12. The maximum absolute atomic E-state index is 4.14. The van der Waals surface area contributed by atoms with Gasteiger partial charge in [-0.3, -0.25) is 4.98 Å². The van der Waals surface area contributed by atoms with Gasteiger partial charge in [0.25, 0.3) is 0 Å². The second kappa shape index (κ2) is 4.24. The van der Waals surface area contributed by atoms with Crippen LogP contribution in [0.2, 0.25) is 0 Å². The van der Waals surface area contributed by atoms with Crippen LogP contribution in [0.1, 0.15) is 38.7 Å². The Balaban J connectivity index is 2.80. The maximum atomic E-state index is 4.14. The van der Waals surface area contributed by atoms with E-state index in [9.17, 15) is 0 Å². The zero-order chi connectivity index (χ0) is 8.97. The minimum Gasteiger partial charge on any atom is -0.264 e. The van der Waals surface area contributed by atoms with E-state index < -0.39 is 0 Å². The van der Waals surface area contributed by atoms with Gasteiger partial charge < -0.3 is 0 Å². The van der Waals surface area contributed by atoms with E-state index in [1.165, 1.54) is 12.0 Å². The fourth-order valence-corrected chi connectivity index (χ4v) is 1.69. The molecule has 0 unspecified atom stereocenters. The van der Waals surface area contributed by atoms with Gasteiger partial charge in [0.2, 0.25) is 0 Å². The normalized spacial score (nSPS) is 13.3. The lowest BCUT2D eigenvalue weighted by atomic mass is 9.87. The third kappa shape index (κ3) is 2.07. The SMILES string of the molecule is CC[C@H](c1cccnc1)C(C)C. The molecule has 0 bridgehead atoms. The van der Waals surface area contributed by atoms with E-state index in [1.807, 2.05) is 18.5 Å². The van der Waals surface area contributed by atoms with Gasteiger partial charge in [-0.15, -0.1) is 0 Å². The van der Waals surface area contributed by atoms with E-state index in [1.54, 1.807) is 0 Å². The highest BCUT2D eigenvalue weighted by atomic mass is 14.6. The van der Waals surface area contributed by atoms with Crippen molar-refractivity contribution in [3.63, 3.8) is 0 Å². The van der Waals surface area contributed by atoms with Crippen LogP contribution in [0.5, 0.6) is 0 Å². The molecule has 0 spiro atoms. The molecule has 0 aromatic carbocycles. The summed E-state index contributed by atoms with van der Waals surface area (Å²) in [5.74, 6) is 1.37. The quantitative estimate of drug-likeness (QED) is 0.666. The van der Waals surface area contributed by atoms with Crippen molar-refractivity contribution >= 4 is 0 Å². The van der Waals surface area contributed by atoms with E-state index >= 15 is 0 Å². The first-order chi connectivity index (χ1) is 5.75. The van der Waals surface area contributed by atoms with Gasteiger partial charge in [0, 0.05) is 12.4 Å². The van der Waals surface area contributed by atoms with Gasteiger partial charge in [0.1, 0.15) is 0 Å². The van der Waals surface area contributed by atoms with Crippen molar-refractivity contribution in [1.82, 2.24) is 4.98 Å². The van der Waals surface area contributed by atoms with Crippen molar-refractivity contribution in [3.05, 3.63) is 30.1 Å². The fourth-order valence-electron chi connectivity index (χ4n) is 1.69. The molecule has 0 aliphatic carbocycles.